The highest BCUT2D eigenvalue weighted by Crippen LogP contribution is 2.16. The van der Waals surface area contributed by atoms with Crippen LogP contribution in [0.25, 0.3) is 0 Å². The van der Waals surface area contributed by atoms with Gasteiger partial charge in [-0.15, -0.1) is 0 Å². The van der Waals surface area contributed by atoms with Gasteiger partial charge in [0.05, 0.1) is 13.1 Å². The molecule has 1 heterocycles. The smallest absolute Gasteiger partial charge is 0.301 e. The zero-order chi connectivity index (χ0) is 15.3. The topological polar surface area (TPSA) is 91.8 Å². The molecule has 0 spiro atoms. The molecule has 20 heavy (non-hydrogen) atoms. The molecule has 2 amide bonds. The maximum absolute atomic E-state index is 11.7. The van der Waals surface area contributed by atoms with E-state index in [4.69, 9.17) is 10.3 Å². The molecule has 0 unspecified atom stereocenters. The van der Waals surface area contributed by atoms with E-state index in [1.54, 1.807) is 32.0 Å². The number of nitrogens with one attached hydrogen (secondary N) is 1. The van der Waals surface area contributed by atoms with E-state index in [-0.39, 0.29) is 11.7 Å². The van der Waals surface area contributed by atoms with Crippen molar-refractivity contribution in [3.63, 3.8) is 0 Å². The molecule has 0 radical (unpaired) electrons. The summed E-state index contributed by atoms with van der Waals surface area (Å²) < 4.78 is 5.48. The van der Waals surface area contributed by atoms with E-state index in [9.17, 15) is 9.59 Å². The number of hydrogen-bond acceptors (Lipinski definition) is 5. The van der Waals surface area contributed by atoms with Crippen LogP contribution in [0.3, 0.4) is 0 Å². The van der Waals surface area contributed by atoms with E-state index in [1.165, 1.54) is 0 Å². The van der Waals surface area contributed by atoms with E-state index < -0.39 is 5.91 Å². The third-order valence-electron chi connectivity index (χ3n) is 2.99. The van der Waals surface area contributed by atoms with Gasteiger partial charge in [0.1, 0.15) is 5.76 Å². The maximum Gasteiger partial charge on any atom is 0.301 e. The highest BCUT2D eigenvalue weighted by molar-refractivity contribution is 5.92. The fraction of sp³-hybridized carbons (Fsp3) is 0.538. The highest BCUT2D eigenvalue weighted by Gasteiger charge is 2.17. The summed E-state index contributed by atoms with van der Waals surface area (Å²) in [7, 11) is 3.44. The molecular formula is C13H22N4O3. The number of hydrazine groups is 1. The van der Waals surface area contributed by atoms with Gasteiger partial charge in [0.15, 0.2) is 5.76 Å². The Hall–Kier alpha value is -1.86. The van der Waals surface area contributed by atoms with Crippen LogP contribution in [0.5, 0.6) is 0 Å². The molecular weight excluding hydrogens is 260 g/mol. The normalized spacial score (nSPS) is 10.7. The fourth-order valence-electron chi connectivity index (χ4n) is 1.75. The van der Waals surface area contributed by atoms with Crippen LogP contribution in [-0.2, 0) is 11.3 Å². The first-order chi connectivity index (χ1) is 9.38. The van der Waals surface area contributed by atoms with Gasteiger partial charge in [0.2, 0.25) is 5.91 Å². The van der Waals surface area contributed by atoms with Crippen LogP contribution in [-0.4, -0.2) is 48.8 Å². The Bertz CT molecular complexity index is 482. The second-order valence-electron chi connectivity index (χ2n) is 4.79. The summed E-state index contributed by atoms with van der Waals surface area (Å²) in [6.45, 7) is 5.22. The van der Waals surface area contributed by atoms with Crippen LogP contribution >= 0.6 is 0 Å². The lowest BCUT2D eigenvalue weighted by molar-refractivity contribution is -0.130. The number of hydrogen-bond donors (Lipinski definition) is 2. The van der Waals surface area contributed by atoms with Gasteiger partial charge in [-0.2, -0.15) is 0 Å². The summed E-state index contributed by atoms with van der Waals surface area (Å²) in [4.78, 5) is 26.6. The molecule has 112 valence electrons. The molecule has 0 aliphatic heterocycles. The number of carbonyl (C=O) groups is 2. The van der Waals surface area contributed by atoms with Crippen molar-refractivity contribution in [2.45, 2.75) is 20.4 Å². The Labute approximate surface area is 118 Å². The minimum absolute atomic E-state index is 0.0232. The Morgan fingerprint density at radius 2 is 2.05 bits per heavy atom. The van der Waals surface area contributed by atoms with Crippen molar-refractivity contribution in [2.75, 3.05) is 27.2 Å². The third kappa shape index (κ3) is 4.07. The van der Waals surface area contributed by atoms with Crippen molar-refractivity contribution in [2.24, 2.45) is 5.84 Å². The fourth-order valence-corrected chi connectivity index (χ4v) is 1.75. The lowest BCUT2D eigenvalue weighted by atomic mass is 10.2. The molecule has 1 aromatic heterocycles. The molecule has 0 fully saturated rings. The SMILES string of the molecule is CCN(CC(=O)N(C)C)Cc1cc(C)c(C(=O)NN)o1. The summed E-state index contributed by atoms with van der Waals surface area (Å²) in [5.41, 5.74) is 2.76. The van der Waals surface area contributed by atoms with Gasteiger partial charge >= 0.3 is 5.91 Å². The van der Waals surface area contributed by atoms with Crippen LogP contribution in [0, 0.1) is 6.92 Å². The number of furan rings is 1. The molecule has 0 aliphatic rings. The molecule has 0 aromatic carbocycles. The zero-order valence-electron chi connectivity index (χ0n) is 12.4. The molecule has 0 atom stereocenters. The summed E-state index contributed by atoms with van der Waals surface area (Å²) in [5.74, 6) is 5.49. The van der Waals surface area contributed by atoms with Crippen molar-refractivity contribution >= 4 is 11.8 Å². The van der Waals surface area contributed by atoms with E-state index in [0.717, 1.165) is 5.56 Å². The van der Waals surface area contributed by atoms with Crippen molar-refractivity contribution in [1.82, 2.24) is 15.2 Å². The Balaban J connectivity index is 2.76. The summed E-state index contributed by atoms with van der Waals surface area (Å²) >= 11 is 0. The average molecular weight is 282 g/mol. The Morgan fingerprint density at radius 1 is 1.40 bits per heavy atom. The van der Waals surface area contributed by atoms with Crippen LogP contribution in [0.1, 0.15) is 28.8 Å². The van der Waals surface area contributed by atoms with Gasteiger partial charge in [-0.25, -0.2) is 5.84 Å². The number of amides is 2. The molecule has 1 aromatic rings. The number of nitrogen functional groups attached to an aromatic ring is 1. The lowest BCUT2D eigenvalue weighted by Gasteiger charge is -2.20. The first-order valence-electron chi connectivity index (χ1n) is 6.41. The quantitative estimate of drug-likeness (QED) is 0.439. The van der Waals surface area contributed by atoms with E-state index in [1.807, 2.05) is 17.2 Å². The number of carbonyl (C=O) groups excluding carboxylic acids is 2. The summed E-state index contributed by atoms with van der Waals surface area (Å²) in [5, 5.41) is 0. The lowest BCUT2D eigenvalue weighted by Crippen LogP contribution is -2.36. The minimum Gasteiger partial charge on any atom is -0.454 e. The highest BCUT2D eigenvalue weighted by atomic mass is 16.4. The molecule has 1 rings (SSSR count). The Kier molecular flexibility index (Phi) is 5.72. The molecule has 0 saturated heterocycles. The largest absolute Gasteiger partial charge is 0.454 e. The zero-order valence-corrected chi connectivity index (χ0v) is 12.4. The second kappa shape index (κ2) is 7.06. The average Bonchev–Trinajstić information content (AvgIpc) is 2.77. The van der Waals surface area contributed by atoms with Crippen molar-refractivity contribution in [3.8, 4) is 0 Å². The van der Waals surface area contributed by atoms with Gasteiger partial charge in [-0.1, -0.05) is 6.92 Å². The number of rotatable bonds is 6. The monoisotopic (exact) mass is 282 g/mol. The third-order valence-corrected chi connectivity index (χ3v) is 2.99. The van der Waals surface area contributed by atoms with Crippen LogP contribution in [0.2, 0.25) is 0 Å². The number of nitrogens with two attached hydrogens (primary N) is 1. The number of aryl methyl sites for hydroxylation is 1. The van der Waals surface area contributed by atoms with Crippen LogP contribution < -0.4 is 11.3 Å². The molecule has 0 saturated carbocycles. The van der Waals surface area contributed by atoms with Gasteiger partial charge in [-0.05, 0) is 19.5 Å². The van der Waals surface area contributed by atoms with Gasteiger partial charge in [0, 0.05) is 19.7 Å². The summed E-state index contributed by atoms with van der Waals surface area (Å²) in [6.07, 6.45) is 0. The van der Waals surface area contributed by atoms with Gasteiger partial charge in [0.25, 0.3) is 0 Å². The first-order valence-corrected chi connectivity index (χ1v) is 6.41. The molecule has 7 heteroatoms. The predicted molar refractivity (Wildman–Crippen MR) is 74.7 cm³/mol. The van der Waals surface area contributed by atoms with E-state index in [2.05, 4.69) is 0 Å². The van der Waals surface area contributed by atoms with Crippen LogP contribution in [0.15, 0.2) is 10.5 Å². The van der Waals surface area contributed by atoms with E-state index in [0.29, 0.717) is 25.4 Å². The van der Waals surface area contributed by atoms with Gasteiger partial charge < -0.3 is 9.32 Å². The van der Waals surface area contributed by atoms with Crippen molar-refractivity contribution in [1.29, 1.82) is 0 Å². The minimum atomic E-state index is -0.457. The number of nitrogens with zero attached hydrogens (tertiary/aromatic N) is 2. The summed E-state index contributed by atoms with van der Waals surface area (Å²) in [6, 6.07) is 1.79. The maximum atomic E-state index is 11.7. The molecule has 7 nitrogen and oxygen atoms in total. The number of likely N-dealkylation sites (N-methyl/N-ethyl adjacent to an activating group) is 2. The van der Waals surface area contributed by atoms with Crippen molar-refractivity contribution in [3.05, 3.63) is 23.2 Å². The van der Waals surface area contributed by atoms with Crippen molar-refractivity contribution < 1.29 is 14.0 Å². The van der Waals surface area contributed by atoms with Gasteiger partial charge in [-0.3, -0.25) is 19.9 Å². The molecule has 0 bridgehead atoms. The standard InChI is InChI=1S/C13H22N4O3/c1-5-17(8-11(18)16(3)4)7-10-6-9(2)12(20-10)13(19)15-14/h6H,5,7-8,14H2,1-4H3,(H,15,19). The first kappa shape index (κ1) is 16.2. The second-order valence-corrected chi connectivity index (χ2v) is 4.79. The van der Waals surface area contributed by atoms with E-state index >= 15 is 0 Å². The predicted octanol–water partition coefficient (Wildman–Crippen LogP) is 0.102. The molecule has 0 aliphatic carbocycles. The van der Waals surface area contributed by atoms with Crippen LogP contribution in [0.4, 0.5) is 0 Å². The molecule has 3 N–H and O–H groups in total. The Morgan fingerprint density at radius 3 is 2.55 bits per heavy atom.